The molecule has 0 radical (unpaired) electrons. The minimum atomic E-state index is -1.80. The van der Waals surface area contributed by atoms with Crippen LogP contribution in [-0.2, 0) is 28.3 Å². The van der Waals surface area contributed by atoms with Gasteiger partial charge in [-0.3, -0.25) is 4.79 Å². The minimum absolute atomic E-state index is 0.120. The third kappa shape index (κ3) is 2.05. The number of nitrogens with one attached hydrogen (secondary N) is 1. The lowest BCUT2D eigenvalue weighted by atomic mass is 9.86. The fraction of sp³-hybridized carbons (Fsp3) is 0.286. The van der Waals surface area contributed by atoms with Gasteiger partial charge in [-0.25, -0.2) is 9.78 Å². The Labute approximate surface area is 160 Å². The predicted octanol–water partition coefficient (Wildman–Crippen LogP) is 2.12. The number of fused-ring (bicyclic) bond motifs is 5. The van der Waals surface area contributed by atoms with Gasteiger partial charge in [-0.05, 0) is 30.7 Å². The van der Waals surface area contributed by atoms with Gasteiger partial charge in [0.05, 0.1) is 29.0 Å². The minimum Gasteiger partial charge on any atom is -0.458 e. The zero-order valence-corrected chi connectivity index (χ0v) is 15.6. The van der Waals surface area contributed by atoms with E-state index in [0.717, 1.165) is 22.2 Å². The molecule has 3 aromatic rings. The molecule has 2 aromatic heterocycles. The molecule has 7 nitrogen and oxygen atoms in total. The van der Waals surface area contributed by atoms with Crippen LogP contribution in [0.25, 0.3) is 22.3 Å². The Bertz CT molecular complexity index is 1230. The van der Waals surface area contributed by atoms with Crippen LogP contribution >= 0.6 is 0 Å². The van der Waals surface area contributed by atoms with Gasteiger partial charge < -0.3 is 19.7 Å². The summed E-state index contributed by atoms with van der Waals surface area (Å²) in [6.07, 6.45) is 0.130. The largest absolute Gasteiger partial charge is 0.458 e. The maximum absolute atomic E-state index is 13.1. The molecule has 0 bridgehead atoms. The molecule has 4 heterocycles. The van der Waals surface area contributed by atoms with E-state index in [-0.39, 0.29) is 18.6 Å². The molecule has 0 saturated carbocycles. The molecule has 0 saturated heterocycles. The zero-order chi connectivity index (χ0) is 19.6. The zero-order valence-electron chi connectivity index (χ0n) is 15.6. The average molecular weight is 377 g/mol. The number of nitrogens with zero attached hydrogens (tertiary/aromatic N) is 2. The fourth-order valence-corrected chi connectivity index (χ4v) is 4.22. The molecule has 0 unspecified atom stereocenters. The number of rotatable bonds is 2. The Balaban J connectivity index is 1.79. The third-order valence-electron chi connectivity index (χ3n) is 5.82. The summed E-state index contributed by atoms with van der Waals surface area (Å²) in [6.45, 7) is 1.97. The van der Waals surface area contributed by atoms with Crippen molar-refractivity contribution >= 4 is 22.6 Å². The summed E-state index contributed by atoms with van der Waals surface area (Å²) in [5.41, 5.74) is 2.66. The van der Waals surface area contributed by atoms with Crippen LogP contribution in [0.5, 0.6) is 0 Å². The van der Waals surface area contributed by atoms with E-state index in [1.54, 1.807) is 17.6 Å². The predicted molar refractivity (Wildman–Crippen MR) is 104 cm³/mol. The van der Waals surface area contributed by atoms with Crippen LogP contribution in [0.3, 0.4) is 0 Å². The van der Waals surface area contributed by atoms with E-state index in [0.29, 0.717) is 29.1 Å². The van der Waals surface area contributed by atoms with Gasteiger partial charge in [0.15, 0.2) is 5.60 Å². The van der Waals surface area contributed by atoms with Crippen LogP contribution < -0.4 is 10.9 Å². The quantitative estimate of drug-likeness (QED) is 0.520. The van der Waals surface area contributed by atoms with Gasteiger partial charge in [0.1, 0.15) is 6.61 Å². The van der Waals surface area contributed by atoms with Crippen LogP contribution in [0, 0.1) is 0 Å². The van der Waals surface area contributed by atoms with E-state index < -0.39 is 11.6 Å². The van der Waals surface area contributed by atoms with Crippen LogP contribution in [0.15, 0.2) is 35.1 Å². The lowest BCUT2D eigenvalue weighted by Gasteiger charge is -2.31. The standard InChI is InChI=1S/C21H19N3O4/c1-3-21(27)14-8-17-18-11(7-12-15(22-2)5-4-6-16(12)23-18)9-24(17)19(25)13(14)10-28-20(21)26/h4-8,22,27H,3,9-10H2,1-2H3/t21-/m0/s1. The van der Waals surface area contributed by atoms with Crippen molar-refractivity contribution in [3.8, 4) is 11.4 Å². The summed E-state index contributed by atoms with van der Waals surface area (Å²) in [6, 6.07) is 9.60. The summed E-state index contributed by atoms with van der Waals surface area (Å²) in [5, 5.41) is 15.0. The van der Waals surface area contributed by atoms with Gasteiger partial charge >= 0.3 is 5.97 Å². The number of carbonyl (C=O) groups excluding carboxylic acids is 1. The van der Waals surface area contributed by atoms with E-state index in [4.69, 9.17) is 9.72 Å². The molecule has 0 fully saturated rings. The lowest BCUT2D eigenvalue weighted by Crippen LogP contribution is -2.44. The molecule has 142 valence electrons. The topological polar surface area (TPSA) is 93.5 Å². The monoisotopic (exact) mass is 377 g/mol. The summed E-state index contributed by atoms with van der Waals surface area (Å²) in [5.74, 6) is -0.713. The number of aromatic nitrogens is 2. The first-order valence-electron chi connectivity index (χ1n) is 9.25. The molecular formula is C21H19N3O4. The number of pyridine rings is 2. The summed E-state index contributed by atoms with van der Waals surface area (Å²) >= 11 is 0. The van der Waals surface area contributed by atoms with Crippen LogP contribution in [0.4, 0.5) is 5.69 Å². The molecule has 0 aliphatic carbocycles. The molecule has 28 heavy (non-hydrogen) atoms. The van der Waals surface area contributed by atoms with Crippen molar-refractivity contribution in [2.45, 2.75) is 32.1 Å². The van der Waals surface area contributed by atoms with Crippen molar-refractivity contribution in [3.05, 3.63) is 57.4 Å². The SMILES string of the molecule is CC[C@@]1(O)C(=O)OCc2c1cc1n(c2=O)Cc2cc3c(NC)cccc3nc2-1. The van der Waals surface area contributed by atoms with Crippen molar-refractivity contribution in [2.24, 2.45) is 0 Å². The number of ether oxygens (including phenoxy) is 1. The molecule has 2 aliphatic rings. The first-order valence-corrected chi connectivity index (χ1v) is 9.25. The Morgan fingerprint density at radius 1 is 1.32 bits per heavy atom. The van der Waals surface area contributed by atoms with Gasteiger partial charge in [-0.15, -0.1) is 0 Å². The normalized spacial score (nSPS) is 19.8. The number of hydrogen-bond acceptors (Lipinski definition) is 6. The highest BCUT2D eigenvalue weighted by Gasteiger charge is 2.45. The number of aliphatic hydroxyl groups is 1. The molecule has 0 spiro atoms. The highest BCUT2D eigenvalue weighted by atomic mass is 16.6. The van der Waals surface area contributed by atoms with E-state index in [9.17, 15) is 14.7 Å². The lowest BCUT2D eigenvalue weighted by molar-refractivity contribution is -0.172. The smallest absolute Gasteiger partial charge is 0.343 e. The molecule has 5 rings (SSSR count). The number of cyclic esters (lactones) is 1. The van der Waals surface area contributed by atoms with Crippen molar-refractivity contribution in [1.82, 2.24) is 9.55 Å². The Kier molecular flexibility index (Phi) is 3.42. The fourth-order valence-electron chi connectivity index (χ4n) is 4.22. The van der Waals surface area contributed by atoms with Crippen molar-refractivity contribution < 1.29 is 14.6 Å². The van der Waals surface area contributed by atoms with E-state index >= 15 is 0 Å². The molecule has 1 aromatic carbocycles. The Morgan fingerprint density at radius 3 is 2.89 bits per heavy atom. The van der Waals surface area contributed by atoms with Gasteiger partial charge in [-0.1, -0.05) is 13.0 Å². The van der Waals surface area contributed by atoms with Crippen LogP contribution in [0.1, 0.15) is 30.0 Å². The first kappa shape index (κ1) is 16.9. The second kappa shape index (κ2) is 5.65. The van der Waals surface area contributed by atoms with Gasteiger partial charge in [-0.2, -0.15) is 0 Å². The average Bonchev–Trinajstić information content (AvgIpc) is 3.07. The number of hydrogen-bond donors (Lipinski definition) is 2. The first-order chi connectivity index (χ1) is 13.5. The third-order valence-corrected chi connectivity index (χ3v) is 5.82. The molecule has 7 heteroatoms. The van der Waals surface area contributed by atoms with Crippen molar-refractivity contribution in [3.63, 3.8) is 0 Å². The van der Waals surface area contributed by atoms with Crippen LogP contribution in [-0.4, -0.2) is 27.7 Å². The van der Waals surface area contributed by atoms with Crippen molar-refractivity contribution in [2.75, 3.05) is 12.4 Å². The number of anilines is 1. The van der Waals surface area contributed by atoms with Gasteiger partial charge in [0, 0.05) is 29.2 Å². The van der Waals surface area contributed by atoms with E-state index in [1.165, 1.54) is 0 Å². The number of benzene rings is 1. The molecule has 0 amide bonds. The second-order valence-corrected chi connectivity index (χ2v) is 7.22. The summed E-state index contributed by atoms with van der Waals surface area (Å²) in [4.78, 5) is 30.1. The molecule has 1 atom stereocenters. The summed E-state index contributed by atoms with van der Waals surface area (Å²) < 4.78 is 6.74. The van der Waals surface area contributed by atoms with E-state index in [1.807, 2.05) is 31.3 Å². The van der Waals surface area contributed by atoms with Gasteiger partial charge in [0.2, 0.25) is 0 Å². The highest BCUT2D eigenvalue weighted by Crippen LogP contribution is 2.39. The second-order valence-electron chi connectivity index (χ2n) is 7.22. The highest BCUT2D eigenvalue weighted by molar-refractivity contribution is 5.94. The number of carbonyl (C=O) groups is 1. The maximum atomic E-state index is 13.1. The molecule has 2 aliphatic heterocycles. The van der Waals surface area contributed by atoms with Gasteiger partial charge in [0.25, 0.3) is 5.56 Å². The van der Waals surface area contributed by atoms with Crippen LogP contribution in [0.2, 0.25) is 0 Å². The van der Waals surface area contributed by atoms with Crippen molar-refractivity contribution in [1.29, 1.82) is 0 Å². The Morgan fingerprint density at radius 2 is 2.14 bits per heavy atom. The van der Waals surface area contributed by atoms with E-state index in [2.05, 4.69) is 5.32 Å². The maximum Gasteiger partial charge on any atom is 0.343 e. The summed E-state index contributed by atoms with van der Waals surface area (Å²) in [7, 11) is 1.86. The number of esters is 1. The Hall–Kier alpha value is -3.19. The molecular weight excluding hydrogens is 358 g/mol. The molecule has 2 N–H and O–H groups in total.